The lowest BCUT2D eigenvalue weighted by atomic mass is 10.1. The number of piperazine rings is 1. The van der Waals surface area contributed by atoms with Gasteiger partial charge in [0, 0.05) is 37.3 Å². The van der Waals surface area contributed by atoms with Crippen LogP contribution in [0, 0.1) is 15.9 Å². The van der Waals surface area contributed by atoms with E-state index in [1.807, 2.05) is 4.90 Å². The normalized spacial score (nSPS) is 14.5. The summed E-state index contributed by atoms with van der Waals surface area (Å²) in [4.78, 5) is 31.5. The molecule has 0 N–H and O–H groups in total. The van der Waals surface area contributed by atoms with Crippen LogP contribution in [0.2, 0.25) is 5.02 Å². The highest BCUT2D eigenvalue weighted by atomic mass is 35.5. The summed E-state index contributed by atoms with van der Waals surface area (Å²) >= 11 is 7.32. The van der Waals surface area contributed by atoms with Crippen molar-refractivity contribution in [1.29, 1.82) is 0 Å². The Hall–Kier alpha value is -2.78. The second kappa shape index (κ2) is 7.33. The molecule has 0 atom stereocenters. The molecular weight excluding hydrogens is 407 g/mol. The molecule has 3 aromatic rings. The smallest absolute Gasteiger partial charge is 0.282 e. The molecule has 1 aromatic heterocycles. The van der Waals surface area contributed by atoms with Gasteiger partial charge >= 0.3 is 0 Å². The largest absolute Gasteiger partial charge is 0.345 e. The highest BCUT2D eigenvalue weighted by Crippen LogP contribution is 2.30. The van der Waals surface area contributed by atoms with E-state index >= 15 is 0 Å². The summed E-state index contributed by atoms with van der Waals surface area (Å²) in [7, 11) is 0. The van der Waals surface area contributed by atoms with E-state index in [4.69, 9.17) is 11.6 Å². The van der Waals surface area contributed by atoms with Gasteiger partial charge in [-0.25, -0.2) is 9.37 Å². The maximum absolute atomic E-state index is 13.4. The third-order valence-corrected chi connectivity index (χ3v) is 5.88. The molecule has 0 unspecified atom stereocenters. The number of halogens is 2. The summed E-state index contributed by atoms with van der Waals surface area (Å²) in [6.07, 6.45) is 0. The Morgan fingerprint density at radius 3 is 2.64 bits per heavy atom. The van der Waals surface area contributed by atoms with Gasteiger partial charge in [-0.1, -0.05) is 22.9 Å². The monoisotopic (exact) mass is 420 g/mol. The van der Waals surface area contributed by atoms with E-state index in [0.717, 1.165) is 15.3 Å². The number of aromatic nitrogens is 1. The number of fused-ring (bicyclic) bond motifs is 1. The fourth-order valence-electron chi connectivity index (χ4n) is 3.13. The fourth-order valence-corrected chi connectivity index (χ4v) is 4.35. The third kappa shape index (κ3) is 3.50. The van der Waals surface area contributed by atoms with Gasteiger partial charge in [-0.2, -0.15) is 0 Å². The van der Waals surface area contributed by atoms with Crippen LogP contribution in [0.4, 0.5) is 15.2 Å². The molecule has 0 saturated carbocycles. The van der Waals surface area contributed by atoms with Crippen LogP contribution in [0.25, 0.3) is 10.2 Å². The van der Waals surface area contributed by atoms with Crippen molar-refractivity contribution in [3.63, 3.8) is 0 Å². The summed E-state index contributed by atoms with van der Waals surface area (Å²) < 4.78 is 14.1. The molecule has 0 bridgehead atoms. The molecule has 0 radical (unpaired) electrons. The van der Waals surface area contributed by atoms with E-state index < -0.39 is 10.8 Å². The van der Waals surface area contributed by atoms with Gasteiger partial charge in [0.05, 0.1) is 15.1 Å². The summed E-state index contributed by atoms with van der Waals surface area (Å²) in [5, 5.41) is 12.3. The van der Waals surface area contributed by atoms with Crippen LogP contribution in [0.5, 0.6) is 0 Å². The molecule has 144 valence electrons. The molecule has 10 heteroatoms. The number of nitro benzene ring substituents is 1. The second-order valence-electron chi connectivity index (χ2n) is 6.31. The number of benzene rings is 2. The maximum Gasteiger partial charge on any atom is 0.282 e. The molecule has 2 aromatic carbocycles. The molecule has 2 heterocycles. The van der Waals surface area contributed by atoms with Crippen molar-refractivity contribution in [2.24, 2.45) is 0 Å². The molecule has 1 amide bonds. The van der Waals surface area contributed by atoms with Crippen LogP contribution in [0.3, 0.4) is 0 Å². The minimum Gasteiger partial charge on any atom is -0.345 e. The first-order valence-electron chi connectivity index (χ1n) is 8.46. The molecule has 1 fully saturated rings. The fraction of sp³-hybridized carbons (Fsp3) is 0.222. The highest BCUT2D eigenvalue weighted by molar-refractivity contribution is 7.22. The number of hydrogen-bond donors (Lipinski definition) is 0. The summed E-state index contributed by atoms with van der Waals surface area (Å²) in [5.41, 5.74) is 0.459. The van der Waals surface area contributed by atoms with Gasteiger partial charge in [-0.15, -0.1) is 0 Å². The molecule has 28 heavy (non-hydrogen) atoms. The topological polar surface area (TPSA) is 79.6 Å². The number of nitrogens with zero attached hydrogens (tertiary/aromatic N) is 4. The van der Waals surface area contributed by atoms with E-state index in [1.54, 1.807) is 11.0 Å². The Kier molecular flexibility index (Phi) is 4.86. The SMILES string of the molecule is O=C(c1cc(Cl)ccc1[N+](=O)[O-])N1CCN(c2nc3ccc(F)cc3s2)CC1. The predicted octanol–water partition coefficient (Wildman–Crippen LogP) is 3.96. The first-order valence-corrected chi connectivity index (χ1v) is 9.66. The number of anilines is 1. The summed E-state index contributed by atoms with van der Waals surface area (Å²) in [5.74, 6) is -0.721. The van der Waals surface area contributed by atoms with Crippen molar-refractivity contribution in [2.45, 2.75) is 0 Å². The lowest BCUT2D eigenvalue weighted by Crippen LogP contribution is -2.48. The number of nitro groups is 1. The zero-order valence-electron chi connectivity index (χ0n) is 14.5. The Labute approximate surface area is 168 Å². The van der Waals surface area contributed by atoms with E-state index in [9.17, 15) is 19.3 Å². The second-order valence-corrected chi connectivity index (χ2v) is 7.75. The average molecular weight is 421 g/mol. The van der Waals surface area contributed by atoms with Crippen molar-refractivity contribution in [3.05, 3.63) is 62.9 Å². The van der Waals surface area contributed by atoms with Crippen molar-refractivity contribution in [1.82, 2.24) is 9.88 Å². The Morgan fingerprint density at radius 2 is 1.93 bits per heavy atom. The standard InChI is InChI=1S/C18H14ClFN4O3S/c19-11-1-4-15(24(26)27)13(9-11)17(25)22-5-7-23(8-6-22)18-21-14-3-2-12(20)10-16(14)28-18/h1-4,9-10H,5-8H2. The quantitative estimate of drug-likeness (QED) is 0.473. The average Bonchev–Trinajstić information content (AvgIpc) is 3.10. The van der Waals surface area contributed by atoms with Crippen LogP contribution < -0.4 is 4.90 Å². The van der Waals surface area contributed by atoms with Gasteiger partial charge in [0.25, 0.3) is 11.6 Å². The van der Waals surface area contributed by atoms with Crippen LogP contribution in [-0.2, 0) is 0 Å². The van der Waals surface area contributed by atoms with Gasteiger partial charge in [0.1, 0.15) is 11.4 Å². The van der Waals surface area contributed by atoms with Crippen molar-refractivity contribution in [2.75, 3.05) is 31.1 Å². The summed E-state index contributed by atoms with van der Waals surface area (Å²) in [6.45, 7) is 1.85. The van der Waals surface area contributed by atoms with E-state index in [-0.39, 0.29) is 22.1 Å². The van der Waals surface area contributed by atoms with Gasteiger partial charge in [-0.05, 0) is 30.3 Å². The number of thiazole rings is 1. The molecule has 1 aliphatic rings. The molecule has 1 saturated heterocycles. The zero-order valence-corrected chi connectivity index (χ0v) is 16.0. The number of amides is 1. The van der Waals surface area contributed by atoms with E-state index in [1.165, 1.54) is 41.7 Å². The zero-order chi connectivity index (χ0) is 19.8. The molecule has 0 aliphatic carbocycles. The Morgan fingerprint density at radius 1 is 1.18 bits per heavy atom. The highest BCUT2D eigenvalue weighted by Gasteiger charge is 2.28. The lowest BCUT2D eigenvalue weighted by Gasteiger charge is -2.34. The van der Waals surface area contributed by atoms with Crippen LogP contribution >= 0.6 is 22.9 Å². The maximum atomic E-state index is 13.4. The van der Waals surface area contributed by atoms with Gasteiger partial charge < -0.3 is 9.80 Å². The van der Waals surface area contributed by atoms with Crippen LogP contribution in [0.15, 0.2) is 36.4 Å². The first kappa shape index (κ1) is 18.6. The van der Waals surface area contributed by atoms with Gasteiger partial charge in [-0.3, -0.25) is 14.9 Å². The number of rotatable bonds is 3. The number of hydrogen-bond acceptors (Lipinski definition) is 6. The minimum absolute atomic E-state index is 0.0126. The Bertz CT molecular complexity index is 1080. The van der Waals surface area contributed by atoms with E-state index in [0.29, 0.717) is 26.2 Å². The molecule has 4 rings (SSSR count). The molecule has 7 nitrogen and oxygen atoms in total. The van der Waals surface area contributed by atoms with E-state index in [2.05, 4.69) is 4.98 Å². The molecule has 1 aliphatic heterocycles. The van der Waals surface area contributed by atoms with Crippen LogP contribution in [-0.4, -0.2) is 46.9 Å². The minimum atomic E-state index is -0.583. The molecule has 0 spiro atoms. The third-order valence-electron chi connectivity index (χ3n) is 4.56. The van der Waals surface area contributed by atoms with Gasteiger partial charge in [0.15, 0.2) is 5.13 Å². The van der Waals surface area contributed by atoms with Crippen LogP contribution in [0.1, 0.15) is 10.4 Å². The number of carbonyl (C=O) groups is 1. The molecular formula is C18H14ClFN4O3S. The van der Waals surface area contributed by atoms with Crippen molar-refractivity contribution in [3.8, 4) is 0 Å². The first-order chi connectivity index (χ1) is 13.4. The van der Waals surface area contributed by atoms with Gasteiger partial charge in [0.2, 0.25) is 0 Å². The summed E-state index contributed by atoms with van der Waals surface area (Å²) in [6, 6.07) is 8.44. The number of carbonyl (C=O) groups excluding carboxylic acids is 1. The predicted molar refractivity (Wildman–Crippen MR) is 106 cm³/mol. The Balaban J connectivity index is 1.50. The lowest BCUT2D eigenvalue weighted by molar-refractivity contribution is -0.385. The van der Waals surface area contributed by atoms with Crippen molar-refractivity contribution < 1.29 is 14.1 Å². The van der Waals surface area contributed by atoms with Crippen molar-refractivity contribution >= 4 is 49.9 Å².